The molecule has 0 bridgehead atoms. The van der Waals surface area contributed by atoms with Gasteiger partial charge in [-0.3, -0.25) is 0 Å². The summed E-state index contributed by atoms with van der Waals surface area (Å²) in [6.07, 6.45) is 2.81. The van der Waals surface area contributed by atoms with Crippen LogP contribution in [0.4, 0.5) is 0 Å². The Hall–Kier alpha value is 1.01. The van der Waals surface area contributed by atoms with Gasteiger partial charge in [0.15, 0.2) is 0 Å². The quantitative estimate of drug-likeness (QED) is 0.823. The van der Waals surface area contributed by atoms with Crippen molar-refractivity contribution in [2.45, 2.75) is 24.1 Å². The molecule has 0 aromatic rings. The van der Waals surface area contributed by atoms with E-state index in [-0.39, 0.29) is 0 Å². The summed E-state index contributed by atoms with van der Waals surface area (Å²) in [5.74, 6) is 6.80. The molecule has 2 saturated heterocycles. The van der Waals surface area contributed by atoms with Gasteiger partial charge in [0.05, 0.1) is 0 Å². The Morgan fingerprint density at radius 2 is 2.00 bits per heavy atom. The maximum Gasteiger partial charge on any atom is 0.0263 e. The normalized spacial score (nSPS) is 34.3. The van der Waals surface area contributed by atoms with E-state index in [2.05, 4.69) is 40.6 Å². The highest BCUT2D eigenvalue weighted by atomic mass is 32.2. The van der Waals surface area contributed by atoms with Crippen LogP contribution in [-0.2, 0) is 0 Å². The van der Waals surface area contributed by atoms with Gasteiger partial charge in [0, 0.05) is 40.8 Å². The first kappa shape index (κ1) is 11.5. The van der Waals surface area contributed by atoms with Crippen molar-refractivity contribution in [2.75, 3.05) is 35.3 Å². The van der Waals surface area contributed by atoms with E-state index in [0.717, 1.165) is 11.3 Å². The Kier molecular flexibility index (Phi) is 5.39. The maximum absolute atomic E-state index is 3.74. The molecule has 0 amide bonds. The van der Waals surface area contributed by atoms with Gasteiger partial charge in [0.1, 0.15) is 0 Å². The van der Waals surface area contributed by atoms with E-state index in [1.165, 1.54) is 48.2 Å². The van der Waals surface area contributed by atoms with Crippen LogP contribution >= 0.6 is 35.3 Å². The zero-order chi connectivity index (χ0) is 9.64. The summed E-state index contributed by atoms with van der Waals surface area (Å²) < 4.78 is 0. The molecule has 0 aliphatic carbocycles. The predicted molar refractivity (Wildman–Crippen MR) is 71.9 cm³/mol. The van der Waals surface area contributed by atoms with Crippen molar-refractivity contribution in [3.63, 3.8) is 0 Å². The van der Waals surface area contributed by atoms with Gasteiger partial charge < -0.3 is 5.32 Å². The summed E-state index contributed by atoms with van der Waals surface area (Å²) >= 11 is 6.40. The molecule has 0 aromatic carbocycles. The van der Waals surface area contributed by atoms with Crippen LogP contribution in [0.25, 0.3) is 0 Å². The second kappa shape index (κ2) is 6.56. The fourth-order valence-electron chi connectivity index (χ4n) is 1.85. The average Bonchev–Trinajstić information content (AvgIpc) is 2.29. The molecule has 2 aliphatic heterocycles. The van der Waals surface area contributed by atoms with Gasteiger partial charge in [-0.05, 0) is 18.6 Å². The van der Waals surface area contributed by atoms with E-state index in [0.29, 0.717) is 0 Å². The van der Waals surface area contributed by atoms with Crippen LogP contribution in [-0.4, -0.2) is 46.6 Å². The Morgan fingerprint density at radius 3 is 2.71 bits per heavy atom. The standard InChI is InChI=1S/C10H19NS3/c1-2-9(7-12-3-1)11-6-10-8-13-4-5-14-10/h9-11H,1-8H2. The molecule has 2 unspecified atom stereocenters. The van der Waals surface area contributed by atoms with Crippen LogP contribution in [0.15, 0.2) is 0 Å². The topological polar surface area (TPSA) is 12.0 Å². The molecule has 2 rings (SSSR count). The van der Waals surface area contributed by atoms with E-state index in [4.69, 9.17) is 0 Å². The van der Waals surface area contributed by atoms with Gasteiger partial charge in [-0.1, -0.05) is 0 Å². The third kappa shape index (κ3) is 3.87. The summed E-state index contributed by atoms with van der Waals surface area (Å²) in [4.78, 5) is 0. The minimum Gasteiger partial charge on any atom is -0.312 e. The third-order valence-corrected chi connectivity index (χ3v) is 6.74. The monoisotopic (exact) mass is 249 g/mol. The number of hydrogen-bond donors (Lipinski definition) is 1. The highest BCUT2D eigenvalue weighted by Gasteiger charge is 2.17. The molecule has 0 saturated carbocycles. The van der Waals surface area contributed by atoms with Crippen molar-refractivity contribution in [3.8, 4) is 0 Å². The minimum atomic E-state index is 0.807. The molecule has 0 aromatic heterocycles. The number of hydrogen-bond acceptors (Lipinski definition) is 4. The van der Waals surface area contributed by atoms with Gasteiger partial charge in [-0.15, -0.1) is 0 Å². The molecule has 82 valence electrons. The second-order valence-corrected chi connectivity index (χ2v) is 7.60. The molecule has 2 aliphatic rings. The number of thioether (sulfide) groups is 3. The van der Waals surface area contributed by atoms with E-state index >= 15 is 0 Å². The predicted octanol–water partition coefficient (Wildman–Crippen LogP) is 2.32. The van der Waals surface area contributed by atoms with E-state index in [1.54, 1.807) is 0 Å². The fraction of sp³-hybridized carbons (Fsp3) is 1.00. The zero-order valence-corrected chi connectivity index (χ0v) is 11.0. The zero-order valence-electron chi connectivity index (χ0n) is 8.54. The average molecular weight is 249 g/mol. The van der Waals surface area contributed by atoms with Crippen LogP contribution < -0.4 is 5.32 Å². The van der Waals surface area contributed by atoms with Crippen LogP contribution in [0.3, 0.4) is 0 Å². The molecule has 1 N–H and O–H groups in total. The van der Waals surface area contributed by atoms with Crippen molar-refractivity contribution in [1.82, 2.24) is 5.32 Å². The molecule has 2 heterocycles. The van der Waals surface area contributed by atoms with Crippen LogP contribution in [0.5, 0.6) is 0 Å². The SMILES string of the molecule is C1CSCC(NCC2CSCCS2)C1. The van der Waals surface area contributed by atoms with Crippen LogP contribution in [0, 0.1) is 0 Å². The second-order valence-electron chi connectivity index (χ2n) is 3.89. The first-order chi connectivity index (χ1) is 6.95. The van der Waals surface area contributed by atoms with E-state index in [9.17, 15) is 0 Å². The van der Waals surface area contributed by atoms with Gasteiger partial charge in [-0.25, -0.2) is 0 Å². The van der Waals surface area contributed by atoms with Crippen molar-refractivity contribution < 1.29 is 0 Å². The van der Waals surface area contributed by atoms with Gasteiger partial charge in [0.25, 0.3) is 0 Å². The number of rotatable bonds is 3. The molecule has 14 heavy (non-hydrogen) atoms. The molecule has 0 spiro atoms. The summed E-state index contributed by atoms with van der Waals surface area (Å²) in [6.45, 7) is 1.24. The molecule has 2 fully saturated rings. The maximum atomic E-state index is 3.74. The molecule has 1 nitrogen and oxygen atoms in total. The van der Waals surface area contributed by atoms with Crippen molar-refractivity contribution in [2.24, 2.45) is 0 Å². The smallest absolute Gasteiger partial charge is 0.0263 e. The van der Waals surface area contributed by atoms with Crippen LogP contribution in [0.1, 0.15) is 12.8 Å². The lowest BCUT2D eigenvalue weighted by Gasteiger charge is -2.27. The molecule has 2 atom stereocenters. The molecule has 0 radical (unpaired) electrons. The third-order valence-electron chi connectivity index (χ3n) is 2.68. The lowest BCUT2D eigenvalue weighted by atomic mass is 10.2. The van der Waals surface area contributed by atoms with Crippen molar-refractivity contribution >= 4 is 35.3 Å². The summed E-state index contributed by atoms with van der Waals surface area (Å²) in [6, 6.07) is 0.807. The van der Waals surface area contributed by atoms with Gasteiger partial charge in [0.2, 0.25) is 0 Å². The Bertz CT molecular complexity index is 135. The molecular formula is C10H19NS3. The van der Waals surface area contributed by atoms with Crippen molar-refractivity contribution in [1.29, 1.82) is 0 Å². The first-order valence-corrected chi connectivity index (χ1v) is 8.81. The van der Waals surface area contributed by atoms with E-state index in [1.807, 2.05) is 0 Å². The Balaban J connectivity index is 1.60. The summed E-state index contributed by atoms with van der Waals surface area (Å²) in [5, 5.41) is 4.61. The highest BCUT2D eigenvalue weighted by Crippen LogP contribution is 2.24. The largest absolute Gasteiger partial charge is 0.312 e. The molecule has 4 heteroatoms. The van der Waals surface area contributed by atoms with Crippen molar-refractivity contribution in [3.05, 3.63) is 0 Å². The fourth-order valence-corrected chi connectivity index (χ4v) is 5.59. The van der Waals surface area contributed by atoms with Gasteiger partial charge >= 0.3 is 0 Å². The Labute approximate surface area is 99.9 Å². The highest BCUT2D eigenvalue weighted by molar-refractivity contribution is 8.06. The summed E-state index contributed by atoms with van der Waals surface area (Å²) in [5.41, 5.74) is 0. The lowest BCUT2D eigenvalue weighted by Crippen LogP contribution is -2.39. The van der Waals surface area contributed by atoms with E-state index < -0.39 is 0 Å². The van der Waals surface area contributed by atoms with Crippen LogP contribution in [0.2, 0.25) is 0 Å². The lowest BCUT2D eigenvalue weighted by molar-refractivity contribution is 0.511. The Morgan fingerprint density at radius 1 is 1.07 bits per heavy atom. The number of nitrogens with one attached hydrogen (secondary N) is 1. The summed E-state index contributed by atoms with van der Waals surface area (Å²) in [7, 11) is 0. The molecular weight excluding hydrogens is 230 g/mol. The van der Waals surface area contributed by atoms with Gasteiger partial charge in [-0.2, -0.15) is 35.3 Å². The minimum absolute atomic E-state index is 0.807. The first-order valence-electron chi connectivity index (χ1n) is 5.45.